The molecule has 0 amide bonds. The molecule has 0 saturated heterocycles. The highest BCUT2D eigenvalue weighted by Gasteiger charge is 1.88. The molecule has 0 radical (unpaired) electrons. The van der Waals surface area contributed by atoms with Crippen molar-refractivity contribution in [1.82, 2.24) is 0 Å². The third-order valence-corrected chi connectivity index (χ3v) is 0.547. The minimum absolute atomic E-state index is 0.0810. The topological polar surface area (TPSA) is 77.8 Å². The van der Waals surface area contributed by atoms with E-state index in [0.29, 0.717) is 6.42 Å². The van der Waals surface area contributed by atoms with Crippen LogP contribution in [0, 0.1) is 0 Å². The summed E-state index contributed by atoms with van der Waals surface area (Å²) >= 11 is 0. The Morgan fingerprint density at radius 2 is 2.00 bits per heavy atom. The Hall–Kier alpha value is -0.610. The van der Waals surface area contributed by atoms with Gasteiger partial charge in [0.25, 0.3) is 6.47 Å². The average Bonchev–Trinajstić information content (AvgIpc) is 1.67. The van der Waals surface area contributed by atoms with Gasteiger partial charge in [-0.25, -0.2) is 0 Å². The van der Waals surface area contributed by atoms with E-state index in [1.807, 2.05) is 0 Å². The zero-order valence-corrected chi connectivity index (χ0v) is 5.32. The van der Waals surface area contributed by atoms with Crippen LogP contribution in [0.4, 0.5) is 0 Å². The van der Waals surface area contributed by atoms with Gasteiger partial charge in [-0.2, -0.15) is 0 Å². The molecule has 0 bridgehead atoms. The summed E-state index contributed by atoms with van der Waals surface area (Å²) < 4.78 is 0. The third-order valence-electron chi connectivity index (χ3n) is 0.547. The van der Waals surface area contributed by atoms with Gasteiger partial charge in [-0.3, -0.25) is 4.79 Å². The van der Waals surface area contributed by atoms with Crippen molar-refractivity contribution in [2.24, 2.45) is 0 Å². The molecule has 1 atom stereocenters. The summed E-state index contributed by atoms with van der Waals surface area (Å²) in [4.78, 5) is 8.36. The van der Waals surface area contributed by atoms with Crippen molar-refractivity contribution in [3.63, 3.8) is 0 Å². The van der Waals surface area contributed by atoms with E-state index in [9.17, 15) is 0 Å². The monoisotopic (exact) mass is 136 g/mol. The lowest BCUT2D eigenvalue weighted by atomic mass is 10.3. The van der Waals surface area contributed by atoms with E-state index in [2.05, 4.69) is 0 Å². The van der Waals surface area contributed by atoms with Gasteiger partial charge in [-0.15, -0.1) is 0 Å². The molecule has 0 spiro atoms. The zero-order chi connectivity index (χ0) is 7.70. The van der Waals surface area contributed by atoms with E-state index >= 15 is 0 Å². The van der Waals surface area contributed by atoms with E-state index in [-0.39, 0.29) is 19.2 Å². The second kappa shape index (κ2) is 10.4. The summed E-state index contributed by atoms with van der Waals surface area (Å²) in [7, 11) is 0. The molecule has 0 aliphatic rings. The summed E-state index contributed by atoms with van der Waals surface area (Å²) in [6.07, 6.45) is 0.134. The van der Waals surface area contributed by atoms with Crippen molar-refractivity contribution in [3.8, 4) is 0 Å². The molecule has 0 aromatic heterocycles. The Kier molecular flexibility index (Phi) is 13.0. The Balaban J connectivity index is 0. The van der Waals surface area contributed by atoms with Crippen LogP contribution in [0.15, 0.2) is 0 Å². The smallest absolute Gasteiger partial charge is 0.290 e. The Bertz CT molecular complexity index is 52.9. The van der Waals surface area contributed by atoms with Gasteiger partial charge < -0.3 is 15.3 Å². The van der Waals surface area contributed by atoms with Crippen molar-refractivity contribution >= 4 is 6.47 Å². The zero-order valence-electron chi connectivity index (χ0n) is 5.32. The van der Waals surface area contributed by atoms with E-state index in [4.69, 9.17) is 20.1 Å². The molecular weight excluding hydrogens is 124 g/mol. The highest BCUT2D eigenvalue weighted by molar-refractivity contribution is 5.32. The van der Waals surface area contributed by atoms with Gasteiger partial charge >= 0.3 is 0 Å². The van der Waals surface area contributed by atoms with Crippen molar-refractivity contribution in [2.75, 3.05) is 6.61 Å². The molecule has 0 aliphatic carbocycles. The summed E-state index contributed by atoms with van der Waals surface area (Å²) in [6.45, 7) is 1.48. The second-order valence-corrected chi connectivity index (χ2v) is 1.47. The molecule has 0 fully saturated rings. The SMILES string of the molecule is CC(O)CCO.O=CO. The van der Waals surface area contributed by atoms with Crippen molar-refractivity contribution < 1.29 is 20.1 Å². The van der Waals surface area contributed by atoms with Gasteiger partial charge in [0.15, 0.2) is 0 Å². The molecule has 56 valence electrons. The normalized spacial score (nSPS) is 11.0. The quantitative estimate of drug-likeness (QED) is 0.445. The molecule has 0 rings (SSSR count). The van der Waals surface area contributed by atoms with Crippen LogP contribution < -0.4 is 0 Å². The van der Waals surface area contributed by atoms with E-state index in [1.54, 1.807) is 6.92 Å². The van der Waals surface area contributed by atoms with Gasteiger partial charge in [-0.05, 0) is 13.3 Å². The highest BCUT2D eigenvalue weighted by Crippen LogP contribution is 1.83. The van der Waals surface area contributed by atoms with E-state index in [0.717, 1.165) is 0 Å². The lowest BCUT2D eigenvalue weighted by molar-refractivity contribution is -0.122. The third kappa shape index (κ3) is 37.6. The summed E-state index contributed by atoms with van der Waals surface area (Å²) in [5.41, 5.74) is 0. The maximum Gasteiger partial charge on any atom is 0.290 e. The largest absolute Gasteiger partial charge is 0.483 e. The molecular formula is C5H12O4. The average molecular weight is 136 g/mol. The van der Waals surface area contributed by atoms with Crippen LogP contribution >= 0.6 is 0 Å². The first-order valence-corrected chi connectivity index (χ1v) is 2.55. The van der Waals surface area contributed by atoms with Gasteiger partial charge in [0, 0.05) is 6.61 Å². The molecule has 0 aromatic rings. The van der Waals surface area contributed by atoms with Crippen LogP contribution in [0.25, 0.3) is 0 Å². The molecule has 0 saturated carbocycles. The molecule has 1 unspecified atom stereocenters. The molecule has 3 N–H and O–H groups in total. The number of hydrogen-bond acceptors (Lipinski definition) is 3. The first-order valence-electron chi connectivity index (χ1n) is 2.55. The number of aliphatic hydroxyl groups is 2. The van der Waals surface area contributed by atoms with E-state index in [1.165, 1.54) is 0 Å². The highest BCUT2D eigenvalue weighted by atomic mass is 16.3. The fourth-order valence-electron chi connectivity index (χ4n) is 0.187. The van der Waals surface area contributed by atoms with Crippen LogP contribution in [0.2, 0.25) is 0 Å². The van der Waals surface area contributed by atoms with Crippen LogP contribution in [0.1, 0.15) is 13.3 Å². The number of hydrogen-bond donors (Lipinski definition) is 3. The summed E-state index contributed by atoms with van der Waals surface area (Å²) in [5, 5.41) is 23.4. The number of rotatable bonds is 2. The first kappa shape index (κ1) is 11.2. The van der Waals surface area contributed by atoms with Crippen molar-refractivity contribution in [3.05, 3.63) is 0 Å². The summed E-state index contributed by atoms with van der Waals surface area (Å²) in [6, 6.07) is 0. The standard InChI is InChI=1S/C4H10O2.CH2O2/c1-4(6)2-3-5;2-1-3/h4-6H,2-3H2,1H3;1H,(H,2,3). The van der Waals surface area contributed by atoms with Gasteiger partial charge in [0.2, 0.25) is 0 Å². The second-order valence-electron chi connectivity index (χ2n) is 1.47. The van der Waals surface area contributed by atoms with Gasteiger partial charge in [-0.1, -0.05) is 0 Å². The van der Waals surface area contributed by atoms with Crippen LogP contribution in [-0.2, 0) is 4.79 Å². The molecule has 9 heavy (non-hydrogen) atoms. The van der Waals surface area contributed by atoms with Crippen molar-refractivity contribution in [1.29, 1.82) is 0 Å². The molecule has 4 nitrogen and oxygen atoms in total. The lowest BCUT2D eigenvalue weighted by Crippen LogP contribution is -2.00. The first-order chi connectivity index (χ1) is 4.18. The minimum Gasteiger partial charge on any atom is -0.483 e. The molecule has 0 heterocycles. The fourth-order valence-corrected chi connectivity index (χ4v) is 0.187. The maximum atomic E-state index is 8.39. The fraction of sp³-hybridized carbons (Fsp3) is 0.800. The lowest BCUT2D eigenvalue weighted by Gasteiger charge is -1.95. The Morgan fingerprint density at radius 3 is 2.00 bits per heavy atom. The molecule has 0 aliphatic heterocycles. The maximum absolute atomic E-state index is 8.39. The Morgan fingerprint density at radius 1 is 1.67 bits per heavy atom. The predicted molar refractivity (Wildman–Crippen MR) is 32.1 cm³/mol. The van der Waals surface area contributed by atoms with Crippen LogP contribution in [-0.4, -0.2) is 34.5 Å². The van der Waals surface area contributed by atoms with E-state index < -0.39 is 0 Å². The van der Waals surface area contributed by atoms with Crippen LogP contribution in [0.3, 0.4) is 0 Å². The molecule has 0 aromatic carbocycles. The number of carboxylic acid groups (broad SMARTS) is 1. The van der Waals surface area contributed by atoms with Gasteiger partial charge in [0.1, 0.15) is 0 Å². The number of aliphatic hydroxyl groups excluding tert-OH is 2. The Labute approximate surface area is 53.7 Å². The van der Waals surface area contributed by atoms with Crippen molar-refractivity contribution in [2.45, 2.75) is 19.4 Å². The number of carbonyl (C=O) groups is 1. The van der Waals surface area contributed by atoms with Gasteiger partial charge in [0.05, 0.1) is 6.10 Å². The predicted octanol–water partition coefficient (Wildman–Crippen LogP) is -0.550. The summed E-state index contributed by atoms with van der Waals surface area (Å²) in [5.74, 6) is 0. The van der Waals surface area contributed by atoms with Crippen LogP contribution in [0.5, 0.6) is 0 Å². The molecule has 4 heteroatoms. The minimum atomic E-state index is -0.352.